The molecule has 1 aliphatic carbocycles. The minimum absolute atomic E-state index is 0.331. The first-order chi connectivity index (χ1) is 8.06. The van der Waals surface area contributed by atoms with E-state index in [0.717, 1.165) is 18.4 Å². The van der Waals surface area contributed by atoms with Crippen molar-refractivity contribution in [1.82, 2.24) is 0 Å². The summed E-state index contributed by atoms with van der Waals surface area (Å²) in [7, 11) is 0. The lowest BCUT2D eigenvalue weighted by Gasteiger charge is -2.18. The lowest BCUT2D eigenvalue weighted by atomic mass is 9.94. The summed E-state index contributed by atoms with van der Waals surface area (Å²) < 4.78 is 12.9. The van der Waals surface area contributed by atoms with E-state index < -0.39 is 0 Å². The molecule has 0 amide bonds. The topological polar surface area (TPSA) is 20.2 Å². The summed E-state index contributed by atoms with van der Waals surface area (Å²) in [6, 6.07) is 4.37. The molecule has 1 aliphatic rings. The Morgan fingerprint density at radius 2 is 2.24 bits per heavy atom. The summed E-state index contributed by atoms with van der Waals surface area (Å²) in [6.45, 7) is 2.22. The molecule has 0 bridgehead atoms. The van der Waals surface area contributed by atoms with Gasteiger partial charge in [-0.25, -0.2) is 4.39 Å². The molecule has 0 heterocycles. The van der Waals surface area contributed by atoms with Crippen LogP contribution in [-0.2, 0) is 6.42 Å². The van der Waals surface area contributed by atoms with E-state index in [1.807, 2.05) is 0 Å². The highest BCUT2D eigenvalue weighted by atomic mass is 35.5. The third-order valence-electron chi connectivity index (χ3n) is 3.72. The zero-order chi connectivity index (χ0) is 12.4. The molecule has 1 saturated carbocycles. The third-order valence-corrected chi connectivity index (χ3v) is 4.08. The Hall–Kier alpha value is -0.600. The van der Waals surface area contributed by atoms with Gasteiger partial charge in [0.1, 0.15) is 5.82 Å². The molecule has 17 heavy (non-hydrogen) atoms. The first-order valence-electron chi connectivity index (χ1n) is 6.18. The second-order valence-electron chi connectivity index (χ2n) is 5.19. The molecule has 1 fully saturated rings. The summed E-state index contributed by atoms with van der Waals surface area (Å²) in [6.07, 6.45) is 3.53. The maximum Gasteiger partial charge on any atom is 0.124 e. The summed E-state index contributed by atoms with van der Waals surface area (Å²) >= 11 is 5.96. The van der Waals surface area contributed by atoms with E-state index in [1.165, 1.54) is 18.6 Å². The summed E-state index contributed by atoms with van der Waals surface area (Å²) in [4.78, 5) is 0. The molecular formula is C14H18ClFO. The van der Waals surface area contributed by atoms with Crippen molar-refractivity contribution in [3.05, 3.63) is 34.6 Å². The quantitative estimate of drug-likeness (QED) is 0.872. The molecule has 3 unspecified atom stereocenters. The van der Waals surface area contributed by atoms with Gasteiger partial charge < -0.3 is 5.11 Å². The van der Waals surface area contributed by atoms with E-state index in [1.54, 1.807) is 6.07 Å². The van der Waals surface area contributed by atoms with Crippen molar-refractivity contribution in [2.45, 2.75) is 38.7 Å². The summed E-state index contributed by atoms with van der Waals surface area (Å²) in [5.41, 5.74) is 0.833. The lowest BCUT2D eigenvalue weighted by molar-refractivity contribution is 0.109. The van der Waals surface area contributed by atoms with Crippen LogP contribution in [0.5, 0.6) is 0 Å². The van der Waals surface area contributed by atoms with Gasteiger partial charge in [-0.05, 0) is 42.4 Å². The number of hydrogen-bond acceptors (Lipinski definition) is 1. The Balaban J connectivity index is 2.00. The Morgan fingerprint density at radius 3 is 2.82 bits per heavy atom. The Bertz CT molecular complexity index is 394. The van der Waals surface area contributed by atoms with E-state index in [0.29, 0.717) is 23.3 Å². The van der Waals surface area contributed by atoms with E-state index in [2.05, 4.69) is 6.92 Å². The second-order valence-corrected chi connectivity index (χ2v) is 5.59. The van der Waals surface area contributed by atoms with Crippen LogP contribution in [0, 0.1) is 17.7 Å². The average molecular weight is 257 g/mol. The molecule has 1 N–H and O–H groups in total. The zero-order valence-corrected chi connectivity index (χ0v) is 10.8. The molecule has 1 aromatic carbocycles. The highest BCUT2D eigenvalue weighted by Crippen LogP contribution is 2.34. The van der Waals surface area contributed by atoms with Gasteiger partial charge in [0.25, 0.3) is 0 Å². The van der Waals surface area contributed by atoms with Gasteiger partial charge in [0.2, 0.25) is 0 Å². The van der Waals surface area contributed by atoms with Gasteiger partial charge in [-0.1, -0.05) is 31.0 Å². The van der Waals surface area contributed by atoms with Crippen LogP contribution >= 0.6 is 11.6 Å². The van der Waals surface area contributed by atoms with Crippen LogP contribution in [-0.4, -0.2) is 11.2 Å². The minimum Gasteiger partial charge on any atom is -0.392 e. The molecule has 1 aromatic rings. The molecule has 94 valence electrons. The van der Waals surface area contributed by atoms with Crippen LogP contribution in [0.2, 0.25) is 5.02 Å². The lowest BCUT2D eigenvalue weighted by Crippen LogP contribution is -2.20. The fourth-order valence-corrected chi connectivity index (χ4v) is 2.92. The van der Waals surface area contributed by atoms with Gasteiger partial charge in [-0.2, -0.15) is 0 Å². The number of aliphatic hydroxyl groups excluding tert-OH is 1. The molecular weight excluding hydrogens is 239 g/mol. The molecule has 0 radical (unpaired) electrons. The predicted molar refractivity (Wildman–Crippen MR) is 67.6 cm³/mol. The van der Waals surface area contributed by atoms with Crippen LogP contribution in [0.25, 0.3) is 0 Å². The Labute approximate surface area is 107 Å². The molecule has 1 nitrogen and oxygen atoms in total. The maximum atomic E-state index is 12.9. The molecule has 2 rings (SSSR count). The van der Waals surface area contributed by atoms with Crippen molar-refractivity contribution in [1.29, 1.82) is 0 Å². The van der Waals surface area contributed by atoms with Gasteiger partial charge in [0, 0.05) is 11.4 Å². The van der Waals surface area contributed by atoms with Gasteiger partial charge in [0.05, 0.1) is 6.10 Å². The Morgan fingerprint density at radius 1 is 1.47 bits per heavy atom. The average Bonchev–Trinajstić information content (AvgIpc) is 2.69. The number of rotatable bonds is 3. The molecule has 0 saturated heterocycles. The van der Waals surface area contributed by atoms with Crippen molar-refractivity contribution in [2.24, 2.45) is 11.8 Å². The van der Waals surface area contributed by atoms with E-state index in [4.69, 9.17) is 11.6 Å². The SMILES string of the molecule is CC1CCC(C(O)Cc2ccc(F)cc2Cl)C1. The van der Waals surface area contributed by atoms with Crippen molar-refractivity contribution >= 4 is 11.6 Å². The van der Waals surface area contributed by atoms with Crippen LogP contribution in [0.15, 0.2) is 18.2 Å². The van der Waals surface area contributed by atoms with Gasteiger partial charge >= 0.3 is 0 Å². The van der Waals surface area contributed by atoms with Crippen LogP contribution in [0.4, 0.5) is 4.39 Å². The van der Waals surface area contributed by atoms with E-state index in [9.17, 15) is 9.50 Å². The highest BCUT2D eigenvalue weighted by Gasteiger charge is 2.27. The van der Waals surface area contributed by atoms with Crippen LogP contribution in [0.1, 0.15) is 31.7 Å². The fourth-order valence-electron chi connectivity index (χ4n) is 2.68. The van der Waals surface area contributed by atoms with Crippen molar-refractivity contribution in [3.63, 3.8) is 0 Å². The van der Waals surface area contributed by atoms with Crippen molar-refractivity contribution in [3.8, 4) is 0 Å². The molecule has 3 heteroatoms. The molecule has 0 aromatic heterocycles. The van der Waals surface area contributed by atoms with Crippen LogP contribution < -0.4 is 0 Å². The number of halogens is 2. The normalized spacial score (nSPS) is 26.1. The molecule has 3 atom stereocenters. The first-order valence-corrected chi connectivity index (χ1v) is 6.56. The van der Waals surface area contributed by atoms with E-state index in [-0.39, 0.29) is 11.9 Å². The third kappa shape index (κ3) is 3.20. The number of benzene rings is 1. The largest absolute Gasteiger partial charge is 0.392 e. The summed E-state index contributed by atoms with van der Waals surface area (Å²) in [5, 5.41) is 10.6. The minimum atomic E-state index is -0.358. The standard InChI is InChI=1S/C14H18ClFO/c1-9-2-3-11(6-9)14(17)7-10-4-5-12(16)8-13(10)15/h4-5,8-9,11,14,17H,2-3,6-7H2,1H3. The van der Waals surface area contributed by atoms with E-state index >= 15 is 0 Å². The van der Waals surface area contributed by atoms with Gasteiger partial charge in [-0.15, -0.1) is 0 Å². The highest BCUT2D eigenvalue weighted by molar-refractivity contribution is 6.31. The monoisotopic (exact) mass is 256 g/mol. The van der Waals surface area contributed by atoms with Crippen molar-refractivity contribution in [2.75, 3.05) is 0 Å². The predicted octanol–water partition coefficient (Wildman–Crippen LogP) is 3.82. The molecule has 0 aliphatic heterocycles. The maximum absolute atomic E-state index is 12.9. The number of aliphatic hydroxyl groups is 1. The Kier molecular flexibility index (Phi) is 4.05. The summed E-state index contributed by atoms with van der Waals surface area (Å²) in [5.74, 6) is 0.743. The zero-order valence-electron chi connectivity index (χ0n) is 10.00. The molecule has 0 spiro atoms. The first kappa shape index (κ1) is 12.8. The van der Waals surface area contributed by atoms with Gasteiger partial charge in [0.15, 0.2) is 0 Å². The van der Waals surface area contributed by atoms with Crippen molar-refractivity contribution < 1.29 is 9.50 Å². The fraction of sp³-hybridized carbons (Fsp3) is 0.571. The van der Waals surface area contributed by atoms with Gasteiger partial charge in [-0.3, -0.25) is 0 Å². The second kappa shape index (κ2) is 5.36. The van der Waals surface area contributed by atoms with Crippen LogP contribution in [0.3, 0.4) is 0 Å². The smallest absolute Gasteiger partial charge is 0.124 e. The number of hydrogen-bond donors (Lipinski definition) is 1.